The number of amides is 2. The van der Waals surface area contributed by atoms with Gasteiger partial charge in [0, 0.05) is 30.1 Å². The largest absolute Gasteiger partial charge is 0.335 e. The number of rotatable bonds is 2. The fourth-order valence-electron chi connectivity index (χ4n) is 3.42. The molecule has 4 heteroatoms. The molecule has 1 saturated heterocycles. The van der Waals surface area contributed by atoms with Crippen LogP contribution in [-0.4, -0.2) is 35.8 Å². The summed E-state index contributed by atoms with van der Waals surface area (Å²) in [4.78, 5) is 14.5. The van der Waals surface area contributed by atoms with E-state index in [1.807, 2.05) is 16.7 Å². The Labute approximate surface area is 137 Å². The first kappa shape index (κ1) is 15.7. The van der Waals surface area contributed by atoms with Crippen molar-refractivity contribution in [2.75, 3.05) is 18.8 Å². The Hall–Kier alpha value is -1.16. The van der Waals surface area contributed by atoms with Crippen molar-refractivity contribution < 1.29 is 4.79 Å². The van der Waals surface area contributed by atoms with Gasteiger partial charge >= 0.3 is 6.03 Å². The summed E-state index contributed by atoms with van der Waals surface area (Å²) in [7, 11) is 0. The van der Waals surface area contributed by atoms with E-state index in [1.54, 1.807) is 0 Å². The van der Waals surface area contributed by atoms with Crippen LogP contribution in [0.3, 0.4) is 0 Å². The van der Waals surface area contributed by atoms with Crippen LogP contribution < -0.4 is 5.32 Å². The smallest absolute Gasteiger partial charge is 0.317 e. The summed E-state index contributed by atoms with van der Waals surface area (Å²) in [6.45, 7) is 1.73. The predicted molar refractivity (Wildman–Crippen MR) is 93.2 cm³/mol. The van der Waals surface area contributed by atoms with E-state index in [4.69, 9.17) is 0 Å². The monoisotopic (exact) mass is 318 g/mol. The second-order valence-electron chi connectivity index (χ2n) is 6.33. The van der Waals surface area contributed by atoms with Gasteiger partial charge in [-0.2, -0.15) is 11.8 Å². The lowest BCUT2D eigenvalue weighted by molar-refractivity contribution is 0.193. The quantitative estimate of drug-likeness (QED) is 0.886. The van der Waals surface area contributed by atoms with E-state index in [1.165, 1.54) is 24.8 Å². The summed E-state index contributed by atoms with van der Waals surface area (Å²) < 4.78 is 0. The Morgan fingerprint density at radius 3 is 2.59 bits per heavy atom. The van der Waals surface area contributed by atoms with Gasteiger partial charge in [-0.15, -0.1) is 0 Å². The molecule has 1 saturated carbocycles. The van der Waals surface area contributed by atoms with Crippen molar-refractivity contribution in [1.82, 2.24) is 10.2 Å². The number of urea groups is 1. The second-order valence-corrected chi connectivity index (χ2v) is 7.64. The highest BCUT2D eigenvalue weighted by Crippen LogP contribution is 2.34. The Kier molecular flexibility index (Phi) is 5.65. The normalized spacial score (nSPS) is 23.8. The summed E-state index contributed by atoms with van der Waals surface area (Å²) in [5, 5.41) is 3.77. The van der Waals surface area contributed by atoms with Gasteiger partial charge in [-0.1, -0.05) is 49.6 Å². The van der Waals surface area contributed by atoms with Crippen LogP contribution >= 0.6 is 11.8 Å². The third-order valence-electron chi connectivity index (χ3n) is 4.73. The molecule has 1 unspecified atom stereocenters. The van der Waals surface area contributed by atoms with Gasteiger partial charge < -0.3 is 10.2 Å². The lowest BCUT2D eigenvalue weighted by Crippen LogP contribution is -2.46. The molecular formula is C18H26N2OS. The van der Waals surface area contributed by atoms with Gasteiger partial charge in [-0.25, -0.2) is 4.79 Å². The van der Waals surface area contributed by atoms with Crippen molar-refractivity contribution in [3.8, 4) is 0 Å². The maximum Gasteiger partial charge on any atom is 0.317 e. The third kappa shape index (κ3) is 4.19. The average molecular weight is 318 g/mol. The number of carbonyl (C=O) groups excluding carboxylic acids is 1. The molecule has 1 aliphatic carbocycles. The molecule has 1 N–H and O–H groups in total. The van der Waals surface area contributed by atoms with Crippen LogP contribution in [0, 0.1) is 0 Å². The molecule has 1 aromatic carbocycles. The minimum absolute atomic E-state index is 0.154. The van der Waals surface area contributed by atoms with E-state index in [0.29, 0.717) is 11.3 Å². The number of nitrogens with one attached hydrogen (secondary N) is 1. The fraction of sp³-hybridized carbons (Fsp3) is 0.611. The molecule has 0 radical (unpaired) electrons. The lowest BCUT2D eigenvalue weighted by atomic mass is 9.96. The summed E-state index contributed by atoms with van der Waals surface area (Å²) in [5.74, 6) is 1.03. The zero-order valence-corrected chi connectivity index (χ0v) is 14.0. The number of hydrogen-bond acceptors (Lipinski definition) is 2. The fourth-order valence-corrected chi connectivity index (χ4v) is 4.65. The molecule has 2 aliphatic rings. The number of hydrogen-bond donors (Lipinski definition) is 1. The van der Waals surface area contributed by atoms with Crippen LogP contribution in [0.25, 0.3) is 0 Å². The molecule has 1 aliphatic heterocycles. The van der Waals surface area contributed by atoms with E-state index < -0.39 is 0 Å². The molecular weight excluding hydrogens is 292 g/mol. The molecule has 3 nitrogen and oxygen atoms in total. The van der Waals surface area contributed by atoms with E-state index in [0.717, 1.165) is 38.1 Å². The minimum Gasteiger partial charge on any atom is -0.335 e. The van der Waals surface area contributed by atoms with Crippen LogP contribution in [0.1, 0.15) is 49.3 Å². The van der Waals surface area contributed by atoms with Gasteiger partial charge in [0.15, 0.2) is 0 Å². The Morgan fingerprint density at radius 1 is 1.05 bits per heavy atom. The molecule has 22 heavy (non-hydrogen) atoms. The van der Waals surface area contributed by atoms with Gasteiger partial charge in [0.05, 0.1) is 0 Å². The highest BCUT2D eigenvalue weighted by Gasteiger charge is 2.24. The number of thioether (sulfide) groups is 1. The highest BCUT2D eigenvalue weighted by molar-refractivity contribution is 7.99. The SMILES string of the molecule is O=C(NC1CCCCC1)N1CCSC(c2ccccc2)CC1. The van der Waals surface area contributed by atoms with Crippen molar-refractivity contribution in [3.05, 3.63) is 35.9 Å². The van der Waals surface area contributed by atoms with Crippen LogP contribution in [0.4, 0.5) is 4.79 Å². The average Bonchev–Trinajstić information content (AvgIpc) is 2.83. The van der Waals surface area contributed by atoms with Crippen LogP contribution in [0.2, 0.25) is 0 Å². The maximum absolute atomic E-state index is 12.5. The Balaban J connectivity index is 1.52. The van der Waals surface area contributed by atoms with E-state index in [-0.39, 0.29) is 6.03 Å². The van der Waals surface area contributed by atoms with Gasteiger partial charge in [0.2, 0.25) is 0 Å². The van der Waals surface area contributed by atoms with E-state index in [9.17, 15) is 4.79 Å². The van der Waals surface area contributed by atoms with Gasteiger partial charge in [-0.3, -0.25) is 0 Å². The topological polar surface area (TPSA) is 32.3 Å². The van der Waals surface area contributed by atoms with E-state index in [2.05, 4.69) is 35.6 Å². The first-order chi connectivity index (χ1) is 10.8. The van der Waals surface area contributed by atoms with Crippen LogP contribution in [0.5, 0.6) is 0 Å². The molecule has 1 heterocycles. The van der Waals surface area contributed by atoms with Crippen molar-refractivity contribution in [3.63, 3.8) is 0 Å². The summed E-state index contributed by atoms with van der Waals surface area (Å²) in [6, 6.07) is 11.2. The second kappa shape index (κ2) is 7.91. The molecule has 0 aromatic heterocycles. The van der Waals surface area contributed by atoms with Gasteiger partial charge in [0.25, 0.3) is 0 Å². The molecule has 0 spiro atoms. The van der Waals surface area contributed by atoms with E-state index >= 15 is 0 Å². The van der Waals surface area contributed by atoms with Gasteiger partial charge in [-0.05, 0) is 24.8 Å². The van der Waals surface area contributed by atoms with Crippen LogP contribution in [-0.2, 0) is 0 Å². The molecule has 2 amide bonds. The zero-order valence-electron chi connectivity index (χ0n) is 13.2. The Morgan fingerprint density at radius 2 is 1.82 bits per heavy atom. The predicted octanol–water partition coefficient (Wildman–Crippen LogP) is 4.21. The zero-order chi connectivity index (χ0) is 15.2. The molecule has 1 atom stereocenters. The first-order valence-electron chi connectivity index (χ1n) is 8.55. The van der Waals surface area contributed by atoms with Crippen molar-refractivity contribution in [2.45, 2.75) is 49.8 Å². The van der Waals surface area contributed by atoms with Gasteiger partial charge in [0.1, 0.15) is 0 Å². The Bertz CT molecular complexity index is 473. The van der Waals surface area contributed by atoms with Crippen molar-refractivity contribution in [1.29, 1.82) is 0 Å². The first-order valence-corrected chi connectivity index (χ1v) is 9.60. The summed E-state index contributed by atoms with van der Waals surface area (Å²) in [6.07, 6.45) is 7.20. The van der Waals surface area contributed by atoms with Crippen molar-refractivity contribution >= 4 is 17.8 Å². The molecule has 1 aromatic rings. The lowest BCUT2D eigenvalue weighted by Gasteiger charge is -2.27. The minimum atomic E-state index is 0.154. The number of nitrogens with zero attached hydrogens (tertiary/aromatic N) is 1. The molecule has 2 fully saturated rings. The molecule has 120 valence electrons. The number of benzene rings is 1. The number of carbonyl (C=O) groups is 1. The standard InChI is InChI=1S/C18H26N2OS/c21-18(19-16-9-5-2-6-10-16)20-12-11-17(22-14-13-20)15-7-3-1-4-8-15/h1,3-4,7-8,16-17H,2,5-6,9-14H2,(H,19,21). The summed E-state index contributed by atoms with van der Waals surface area (Å²) >= 11 is 1.98. The molecule has 3 rings (SSSR count). The summed E-state index contributed by atoms with van der Waals surface area (Å²) in [5.41, 5.74) is 1.39. The van der Waals surface area contributed by atoms with Crippen LogP contribution in [0.15, 0.2) is 30.3 Å². The molecule has 0 bridgehead atoms. The van der Waals surface area contributed by atoms with Crippen molar-refractivity contribution in [2.24, 2.45) is 0 Å². The maximum atomic E-state index is 12.5. The highest BCUT2D eigenvalue weighted by atomic mass is 32.2. The third-order valence-corrected chi connectivity index (χ3v) is 6.06.